The molecule has 7 heteroatoms. The van der Waals surface area contributed by atoms with E-state index in [1.54, 1.807) is 24.3 Å². The second kappa shape index (κ2) is 6.37. The summed E-state index contributed by atoms with van der Waals surface area (Å²) in [5, 5.41) is 17.7. The van der Waals surface area contributed by atoms with Crippen molar-refractivity contribution in [1.29, 1.82) is 0 Å². The third-order valence-corrected chi connectivity index (χ3v) is 3.38. The highest BCUT2D eigenvalue weighted by atomic mass is 32.1. The predicted molar refractivity (Wildman–Crippen MR) is 69.7 cm³/mol. The van der Waals surface area contributed by atoms with Crippen molar-refractivity contribution in [3.8, 4) is 11.6 Å². The molecule has 6 nitrogen and oxygen atoms in total. The molecule has 1 aromatic carbocycles. The number of H-pyrrole nitrogens is 1. The van der Waals surface area contributed by atoms with E-state index in [9.17, 15) is 9.90 Å². The molecule has 0 aliphatic rings. The van der Waals surface area contributed by atoms with Gasteiger partial charge in [-0.2, -0.15) is 0 Å². The fourth-order valence-corrected chi connectivity index (χ4v) is 2.24. The van der Waals surface area contributed by atoms with Crippen LogP contribution in [0.3, 0.4) is 0 Å². The van der Waals surface area contributed by atoms with Crippen LogP contribution in [0.2, 0.25) is 0 Å². The van der Waals surface area contributed by atoms with E-state index in [0.717, 1.165) is 16.9 Å². The van der Waals surface area contributed by atoms with Gasteiger partial charge in [0.25, 0.3) is 0 Å². The highest BCUT2D eigenvalue weighted by molar-refractivity contribution is 7.09. The molecule has 19 heavy (non-hydrogen) atoms. The molecular weight excluding hydrogens is 270 g/mol. The quantitative estimate of drug-likeness (QED) is 0.555. The molecule has 0 radical (unpaired) electrons. The number of aromatic hydroxyl groups is 1. The second-order valence-electron chi connectivity index (χ2n) is 3.80. The molecule has 0 saturated carbocycles. The lowest BCUT2D eigenvalue weighted by molar-refractivity contribution is -0.253. The van der Waals surface area contributed by atoms with Crippen LogP contribution < -0.4 is 9.61 Å². The van der Waals surface area contributed by atoms with Gasteiger partial charge in [0.1, 0.15) is 12.4 Å². The minimum atomic E-state index is -0.277. The van der Waals surface area contributed by atoms with Gasteiger partial charge in [0, 0.05) is 6.42 Å². The molecule has 2 aromatic rings. The van der Waals surface area contributed by atoms with E-state index in [0.29, 0.717) is 23.7 Å². The number of hydrogen-bond acceptors (Lipinski definition) is 6. The van der Waals surface area contributed by atoms with E-state index in [1.807, 2.05) is 0 Å². The zero-order valence-electron chi connectivity index (χ0n) is 9.96. The van der Waals surface area contributed by atoms with Crippen molar-refractivity contribution >= 4 is 11.3 Å². The van der Waals surface area contributed by atoms with Crippen molar-refractivity contribution in [2.24, 2.45) is 0 Å². The first-order chi connectivity index (χ1) is 9.19. The maximum absolute atomic E-state index is 11.0. The summed E-state index contributed by atoms with van der Waals surface area (Å²) in [5.41, 5.74) is 0.830. The van der Waals surface area contributed by atoms with E-state index in [4.69, 9.17) is 9.99 Å². The monoisotopic (exact) mass is 283 g/mol. The van der Waals surface area contributed by atoms with E-state index < -0.39 is 0 Å². The Morgan fingerprint density at radius 3 is 2.58 bits per heavy atom. The van der Waals surface area contributed by atoms with Crippen LogP contribution in [0.25, 0.3) is 0 Å². The van der Waals surface area contributed by atoms with Crippen LogP contribution in [0.5, 0.6) is 11.6 Å². The third kappa shape index (κ3) is 3.82. The molecule has 1 heterocycles. The lowest BCUT2D eigenvalue weighted by atomic mass is 10.2. The molecule has 0 atom stereocenters. The number of ether oxygens (including phenoxy) is 1. The predicted octanol–water partition coefficient (Wildman–Crippen LogP) is 1.75. The Bertz CT molecular complexity index is 575. The van der Waals surface area contributed by atoms with E-state index >= 15 is 0 Å². The molecule has 0 aliphatic heterocycles. The smallest absolute Gasteiger partial charge is 0.307 e. The zero-order valence-corrected chi connectivity index (χ0v) is 10.8. The Morgan fingerprint density at radius 2 is 2.00 bits per heavy atom. The lowest BCUT2D eigenvalue weighted by Crippen LogP contribution is -2.00. The first-order valence-corrected chi connectivity index (χ1v) is 6.39. The average Bonchev–Trinajstić information content (AvgIpc) is 2.71. The number of rotatable bonds is 6. The fourth-order valence-electron chi connectivity index (χ4n) is 1.54. The number of aromatic nitrogens is 1. The Hall–Kier alpha value is -1.83. The SMILES string of the molecule is O=c1[nH]c(O)c(CCOc2ccc(COO)cc2)s1. The largest absolute Gasteiger partial charge is 0.494 e. The summed E-state index contributed by atoms with van der Waals surface area (Å²) in [5.74, 6) is 0.582. The van der Waals surface area contributed by atoms with Gasteiger partial charge in [-0.15, -0.1) is 0 Å². The lowest BCUT2D eigenvalue weighted by Gasteiger charge is -2.06. The fraction of sp³-hybridized carbons (Fsp3) is 0.250. The molecule has 1 aromatic heterocycles. The van der Waals surface area contributed by atoms with Crippen LogP contribution in [0.1, 0.15) is 10.4 Å². The summed E-state index contributed by atoms with van der Waals surface area (Å²) in [6.07, 6.45) is 0.455. The molecule has 0 amide bonds. The van der Waals surface area contributed by atoms with Gasteiger partial charge < -0.3 is 9.84 Å². The topological polar surface area (TPSA) is 91.8 Å². The highest BCUT2D eigenvalue weighted by Gasteiger charge is 2.06. The molecule has 3 N–H and O–H groups in total. The summed E-state index contributed by atoms with van der Waals surface area (Å²) in [4.78, 5) is 17.6. The first-order valence-electron chi connectivity index (χ1n) is 5.58. The number of benzene rings is 1. The van der Waals surface area contributed by atoms with Crippen LogP contribution in [0.15, 0.2) is 29.1 Å². The maximum Gasteiger partial charge on any atom is 0.307 e. The summed E-state index contributed by atoms with van der Waals surface area (Å²) in [7, 11) is 0. The van der Waals surface area contributed by atoms with Crippen LogP contribution in [0, 0.1) is 0 Å². The van der Waals surface area contributed by atoms with Crippen LogP contribution in [-0.4, -0.2) is 22.0 Å². The molecule has 0 aliphatic carbocycles. The number of nitrogens with one attached hydrogen (secondary N) is 1. The Kier molecular flexibility index (Phi) is 4.56. The number of aromatic amines is 1. The average molecular weight is 283 g/mol. The van der Waals surface area contributed by atoms with Gasteiger partial charge in [-0.1, -0.05) is 23.5 Å². The standard InChI is InChI=1S/C12H13NO5S/c14-11-10(19-12(15)13-11)5-6-17-9-3-1-8(2-4-9)7-18-16/h1-4,14,16H,5-7H2,(H,13,15). The number of thiazole rings is 1. The molecule has 0 spiro atoms. The molecule has 2 rings (SSSR count). The molecule has 0 fully saturated rings. The van der Waals surface area contributed by atoms with Crippen molar-refractivity contribution < 1.29 is 20.0 Å². The van der Waals surface area contributed by atoms with Gasteiger partial charge in [-0.3, -0.25) is 15.0 Å². The normalized spacial score (nSPS) is 10.6. The van der Waals surface area contributed by atoms with Crippen LogP contribution in [0.4, 0.5) is 0 Å². The van der Waals surface area contributed by atoms with Crippen LogP contribution >= 0.6 is 11.3 Å². The second-order valence-corrected chi connectivity index (χ2v) is 4.87. The Morgan fingerprint density at radius 1 is 1.26 bits per heavy atom. The van der Waals surface area contributed by atoms with Gasteiger partial charge in [0.2, 0.25) is 5.88 Å². The molecule has 0 bridgehead atoms. The highest BCUT2D eigenvalue weighted by Crippen LogP contribution is 2.17. The van der Waals surface area contributed by atoms with E-state index in [1.165, 1.54) is 0 Å². The van der Waals surface area contributed by atoms with Crippen molar-refractivity contribution in [3.05, 3.63) is 44.4 Å². The summed E-state index contributed by atoms with van der Waals surface area (Å²) < 4.78 is 5.48. The van der Waals surface area contributed by atoms with Crippen molar-refractivity contribution in [2.45, 2.75) is 13.0 Å². The van der Waals surface area contributed by atoms with Gasteiger partial charge in [0.15, 0.2) is 0 Å². The van der Waals surface area contributed by atoms with Crippen LogP contribution in [-0.2, 0) is 17.9 Å². The van der Waals surface area contributed by atoms with E-state index in [-0.39, 0.29) is 17.4 Å². The minimum absolute atomic E-state index is 0.0888. The van der Waals surface area contributed by atoms with Crippen molar-refractivity contribution in [3.63, 3.8) is 0 Å². The first kappa shape index (κ1) is 13.6. The van der Waals surface area contributed by atoms with Crippen molar-refractivity contribution in [1.82, 2.24) is 4.98 Å². The van der Waals surface area contributed by atoms with Gasteiger partial charge >= 0.3 is 4.87 Å². The zero-order chi connectivity index (χ0) is 13.7. The van der Waals surface area contributed by atoms with Gasteiger partial charge in [-0.25, -0.2) is 4.89 Å². The van der Waals surface area contributed by atoms with Gasteiger partial charge in [0.05, 0.1) is 11.5 Å². The molecule has 102 valence electrons. The minimum Gasteiger partial charge on any atom is -0.494 e. The summed E-state index contributed by atoms with van der Waals surface area (Å²) in [6.45, 7) is 0.489. The molecular formula is C12H13NO5S. The Labute approximate surface area is 112 Å². The third-order valence-electron chi connectivity index (χ3n) is 2.45. The summed E-state index contributed by atoms with van der Waals surface area (Å²) >= 11 is 0.973. The van der Waals surface area contributed by atoms with Crippen molar-refractivity contribution in [2.75, 3.05) is 6.61 Å². The summed E-state index contributed by atoms with van der Waals surface area (Å²) in [6, 6.07) is 7.07. The molecule has 0 unspecified atom stereocenters. The maximum atomic E-state index is 11.0. The Balaban J connectivity index is 1.85. The van der Waals surface area contributed by atoms with E-state index in [2.05, 4.69) is 9.87 Å². The molecule has 0 saturated heterocycles. The number of hydrogen-bond donors (Lipinski definition) is 3. The van der Waals surface area contributed by atoms with Gasteiger partial charge in [-0.05, 0) is 17.7 Å².